The Morgan fingerprint density at radius 2 is 1.83 bits per heavy atom. The zero-order valence-corrected chi connectivity index (χ0v) is 11.7. The Morgan fingerprint density at radius 1 is 1.17 bits per heavy atom. The summed E-state index contributed by atoms with van der Waals surface area (Å²) < 4.78 is 0. The van der Waals surface area contributed by atoms with Crippen molar-refractivity contribution in [3.8, 4) is 11.5 Å². The summed E-state index contributed by atoms with van der Waals surface area (Å²) in [6.45, 7) is 7.03. The third-order valence-corrected chi connectivity index (χ3v) is 2.72. The van der Waals surface area contributed by atoms with E-state index in [1.54, 1.807) is 12.1 Å². The van der Waals surface area contributed by atoms with Crippen molar-refractivity contribution in [1.29, 1.82) is 0 Å². The first-order valence-electron chi connectivity index (χ1n) is 6.16. The molecule has 0 unspecified atom stereocenters. The standard InChI is InChI=1S/C14H24N2O2/c1-14(2,10-16(3)4)9-15-8-11-5-6-12(17)13(18)7-11/h5-7,15,17-18H,8-10H2,1-4H3. The third-order valence-electron chi connectivity index (χ3n) is 2.72. The summed E-state index contributed by atoms with van der Waals surface area (Å²) in [5.41, 5.74) is 1.16. The van der Waals surface area contributed by atoms with Crippen LogP contribution in [0.15, 0.2) is 18.2 Å². The molecule has 18 heavy (non-hydrogen) atoms. The van der Waals surface area contributed by atoms with Gasteiger partial charge in [0.05, 0.1) is 0 Å². The lowest BCUT2D eigenvalue weighted by molar-refractivity contribution is 0.232. The molecule has 1 aromatic rings. The summed E-state index contributed by atoms with van der Waals surface area (Å²) in [7, 11) is 4.14. The smallest absolute Gasteiger partial charge is 0.157 e. The highest BCUT2D eigenvalue weighted by Gasteiger charge is 2.18. The predicted octanol–water partition coefficient (Wildman–Crippen LogP) is 1.78. The average molecular weight is 252 g/mol. The van der Waals surface area contributed by atoms with E-state index in [9.17, 15) is 10.2 Å². The third kappa shape index (κ3) is 4.94. The van der Waals surface area contributed by atoms with Gasteiger partial charge in [-0.25, -0.2) is 0 Å². The minimum absolute atomic E-state index is 0.0677. The van der Waals surface area contributed by atoms with Crippen molar-refractivity contribution >= 4 is 0 Å². The number of benzene rings is 1. The molecule has 0 aromatic heterocycles. The Bertz CT molecular complexity index is 389. The predicted molar refractivity (Wildman–Crippen MR) is 73.8 cm³/mol. The molecule has 1 aromatic carbocycles. The van der Waals surface area contributed by atoms with Gasteiger partial charge >= 0.3 is 0 Å². The average Bonchev–Trinajstić information content (AvgIpc) is 2.21. The van der Waals surface area contributed by atoms with E-state index >= 15 is 0 Å². The highest BCUT2D eigenvalue weighted by atomic mass is 16.3. The maximum absolute atomic E-state index is 9.39. The highest BCUT2D eigenvalue weighted by Crippen LogP contribution is 2.24. The number of phenolic OH excluding ortho intramolecular Hbond substituents is 2. The number of rotatable bonds is 6. The Balaban J connectivity index is 2.43. The van der Waals surface area contributed by atoms with Gasteiger partial charge in [-0.2, -0.15) is 0 Å². The van der Waals surface area contributed by atoms with Crippen molar-refractivity contribution in [2.24, 2.45) is 5.41 Å². The van der Waals surface area contributed by atoms with Crippen LogP contribution in [0.4, 0.5) is 0 Å². The van der Waals surface area contributed by atoms with Crippen LogP contribution in [0.5, 0.6) is 11.5 Å². The first-order chi connectivity index (χ1) is 8.30. The quantitative estimate of drug-likeness (QED) is 0.675. The molecule has 1 rings (SSSR count). The lowest BCUT2D eigenvalue weighted by Crippen LogP contribution is -2.37. The van der Waals surface area contributed by atoms with Gasteiger partial charge in [0.1, 0.15) is 0 Å². The fourth-order valence-electron chi connectivity index (χ4n) is 2.14. The van der Waals surface area contributed by atoms with Crippen molar-refractivity contribution < 1.29 is 10.2 Å². The van der Waals surface area contributed by atoms with Gasteiger partial charge in [0.25, 0.3) is 0 Å². The van der Waals surface area contributed by atoms with E-state index in [1.165, 1.54) is 6.07 Å². The van der Waals surface area contributed by atoms with Crippen LogP contribution in [0.2, 0.25) is 0 Å². The van der Waals surface area contributed by atoms with Crippen molar-refractivity contribution in [2.45, 2.75) is 20.4 Å². The van der Waals surface area contributed by atoms with E-state index in [2.05, 4.69) is 38.2 Å². The number of hydrogen-bond acceptors (Lipinski definition) is 4. The van der Waals surface area contributed by atoms with Crippen LogP contribution >= 0.6 is 0 Å². The van der Waals surface area contributed by atoms with Gasteiger partial charge in [-0.1, -0.05) is 19.9 Å². The lowest BCUT2D eigenvalue weighted by atomic mass is 9.93. The second-order valence-corrected chi connectivity index (χ2v) is 5.83. The van der Waals surface area contributed by atoms with Gasteiger partial charge in [-0.05, 0) is 37.2 Å². The van der Waals surface area contributed by atoms with E-state index in [1.807, 2.05) is 0 Å². The first-order valence-corrected chi connectivity index (χ1v) is 6.16. The Kier molecular flexibility index (Phi) is 4.99. The number of hydrogen-bond donors (Lipinski definition) is 3. The minimum atomic E-state index is -0.0771. The van der Waals surface area contributed by atoms with Crippen LogP contribution in [0.25, 0.3) is 0 Å². The van der Waals surface area contributed by atoms with Crippen molar-refractivity contribution in [2.75, 3.05) is 27.2 Å². The second-order valence-electron chi connectivity index (χ2n) is 5.83. The van der Waals surface area contributed by atoms with Gasteiger partial charge in [0, 0.05) is 19.6 Å². The maximum Gasteiger partial charge on any atom is 0.157 e. The topological polar surface area (TPSA) is 55.7 Å². The molecule has 0 fully saturated rings. The van der Waals surface area contributed by atoms with Crippen LogP contribution < -0.4 is 5.32 Å². The molecule has 3 N–H and O–H groups in total. The van der Waals surface area contributed by atoms with Crippen molar-refractivity contribution in [1.82, 2.24) is 10.2 Å². The molecular formula is C14H24N2O2. The summed E-state index contributed by atoms with van der Waals surface area (Å²) in [6.07, 6.45) is 0. The largest absolute Gasteiger partial charge is 0.504 e. The minimum Gasteiger partial charge on any atom is -0.504 e. The van der Waals surface area contributed by atoms with E-state index in [-0.39, 0.29) is 16.9 Å². The van der Waals surface area contributed by atoms with Gasteiger partial charge in [0.15, 0.2) is 11.5 Å². The molecule has 0 saturated carbocycles. The lowest BCUT2D eigenvalue weighted by Gasteiger charge is -2.28. The van der Waals surface area contributed by atoms with Crippen LogP contribution in [-0.4, -0.2) is 42.3 Å². The van der Waals surface area contributed by atoms with Crippen LogP contribution in [0.3, 0.4) is 0 Å². The monoisotopic (exact) mass is 252 g/mol. The molecule has 102 valence electrons. The van der Waals surface area contributed by atoms with Gasteiger partial charge in [-0.15, -0.1) is 0 Å². The molecule has 0 atom stereocenters. The Hall–Kier alpha value is -1.26. The fourth-order valence-corrected chi connectivity index (χ4v) is 2.14. The van der Waals surface area contributed by atoms with Crippen LogP contribution in [0.1, 0.15) is 19.4 Å². The zero-order chi connectivity index (χ0) is 13.8. The molecule has 0 bridgehead atoms. The number of nitrogens with zero attached hydrogens (tertiary/aromatic N) is 1. The van der Waals surface area contributed by atoms with Gasteiger partial charge < -0.3 is 20.4 Å². The van der Waals surface area contributed by atoms with Gasteiger partial charge in [0.2, 0.25) is 0 Å². The number of aromatic hydroxyl groups is 2. The second kappa shape index (κ2) is 6.07. The maximum atomic E-state index is 9.39. The molecule has 4 heteroatoms. The molecule has 0 radical (unpaired) electrons. The normalized spacial score (nSPS) is 12.1. The van der Waals surface area contributed by atoms with Crippen molar-refractivity contribution in [3.05, 3.63) is 23.8 Å². The molecular weight excluding hydrogens is 228 g/mol. The molecule has 0 saturated heterocycles. The summed E-state index contributed by atoms with van der Waals surface area (Å²) in [5.74, 6) is -0.145. The Morgan fingerprint density at radius 3 is 2.39 bits per heavy atom. The van der Waals surface area contributed by atoms with Crippen LogP contribution in [-0.2, 0) is 6.54 Å². The van der Waals surface area contributed by atoms with E-state index < -0.39 is 0 Å². The first kappa shape index (κ1) is 14.8. The van der Waals surface area contributed by atoms with E-state index in [0.29, 0.717) is 6.54 Å². The number of phenols is 2. The summed E-state index contributed by atoms with van der Waals surface area (Å²) >= 11 is 0. The molecule has 4 nitrogen and oxygen atoms in total. The SMILES string of the molecule is CN(C)CC(C)(C)CNCc1ccc(O)c(O)c1. The summed E-state index contributed by atoms with van der Waals surface area (Å²) in [4.78, 5) is 2.17. The van der Waals surface area contributed by atoms with Crippen molar-refractivity contribution in [3.63, 3.8) is 0 Å². The molecule has 0 amide bonds. The van der Waals surface area contributed by atoms with E-state index in [0.717, 1.165) is 18.7 Å². The molecule has 0 aliphatic rings. The molecule has 0 heterocycles. The molecule has 0 aliphatic carbocycles. The highest BCUT2D eigenvalue weighted by molar-refractivity contribution is 5.40. The molecule has 0 aliphatic heterocycles. The molecule has 0 spiro atoms. The summed E-state index contributed by atoms with van der Waals surface area (Å²) in [6, 6.07) is 4.90. The van der Waals surface area contributed by atoms with Gasteiger partial charge in [-0.3, -0.25) is 0 Å². The van der Waals surface area contributed by atoms with E-state index in [4.69, 9.17) is 0 Å². The Labute approximate surface area is 109 Å². The number of nitrogens with one attached hydrogen (secondary N) is 1. The van der Waals surface area contributed by atoms with Crippen LogP contribution in [0, 0.1) is 5.41 Å². The summed E-state index contributed by atoms with van der Waals surface area (Å²) in [5, 5.41) is 22.0. The fraction of sp³-hybridized carbons (Fsp3) is 0.571. The zero-order valence-electron chi connectivity index (χ0n) is 11.7.